The zero-order chi connectivity index (χ0) is 17.4. The number of hydrogen-bond acceptors (Lipinski definition) is 6. The van der Waals surface area contributed by atoms with Gasteiger partial charge in [-0.2, -0.15) is 15.8 Å². The lowest BCUT2D eigenvalue weighted by molar-refractivity contribution is -0.126. The third-order valence-electron chi connectivity index (χ3n) is 3.33. The highest BCUT2D eigenvalue weighted by molar-refractivity contribution is 6.01. The van der Waals surface area contributed by atoms with Crippen molar-refractivity contribution in [1.29, 1.82) is 15.8 Å². The normalized spacial score (nSPS) is 12.0. The van der Waals surface area contributed by atoms with Crippen molar-refractivity contribution in [3.05, 3.63) is 29.3 Å². The molecule has 0 aromatic heterocycles. The number of carbonyl (C=O) groups excluding carboxylic acids is 1. The fourth-order valence-electron chi connectivity index (χ4n) is 2.17. The third kappa shape index (κ3) is 4.03. The van der Waals surface area contributed by atoms with E-state index in [9.17, 15) is 10.1 Å². The van der Waals surface area contributed by atoms with Gasteiger partial charge in [-0.25, -0.2) is 0 Å². The number of nitrogens with zero attached hydrogens (tertiary/aromatic N) is 4. The number of fused-ring (bicyclic) bond motifs is 1. The molecule has 1 heterocycles. The van der Waals surface area contributed by atoms with Crippen molar-refractivity contribution in [2.75, 3.05) is 19.9 Å². The first-order chi connectivity index (χ1) is 11.7. The molecule has 0 radical (unpaired) electrons. The maximum Gasteiger partial charge on any atom is 0.264 e. The van der Waals surface area contributed by atoms with Crippen molar-refractivity contribution < 1.29 is 14.3 Å². The summed E-state index contributed by atoms with van der Waals surface area (Å²) in [5.41, 5.74) is 0.564. The molecule has 0 unspecified atom stereocenters. The van der Waals surface area contributed by atoms with E-state index < -0.39 is 5.91 Å². The minimum atomic E-state index is -0.499. The van der Waals surface area contributed by atoms with E-state index in [2.05, 4.69) is 0 Å². The molecule has 24 heavy (non-hydrogen) atoms. The molecule has 1 aliphatic rings. The predicted molar refractivity (Wildman–Crippen MR) is 83.2 cm³/mol. The lowest BCUT2D eigenvalue weighted by Gasteiger charge is -2.19. The van der Waals surface area contributed by atoms with Crippen molar-refractivity contribution in [3.63, 3.8) is 0 Å². The molecule has 0 saturated carbocycles. The molecule has 1 aromatic carbocycles. The fraction of sp³-hybridized carbons (Fsp3) is 0.294. The molecule has 2 rings (SSSR count). The number of rotatable bonds is 6. The van der Waals surface area contributed by atoms with E-state index in [0.29, 0.717) is 17.1 Å². The molecular formula is C17H14N4O3. The summed E-state index contributed by atoms with van der Waals surface area (Å²) in [6.07, 6.45) is 1.73. The number of ether oxygens (including phenoxy) is 2. The van der Waals surface area contributed by atoms with E-state index in [1.165, 1.54) is 11.0 Å². The Kier molecular flexibility index (Phi) is 5.77. The Morgan fingerprint density at radius 3 is 2.42 bits per heavy atom. The van der Waals surface area contributed by atoms with Gasteiger partial charge in [-0.15, -0.1) is 0 Å². The summed E-state index contributed by atoms with van der Waals surface area (Å²) in [7, 11) is 0. The van der Waals surface area contributed by atoms with Gasteiger partial charge in [0.25, 0.3) is 5.91 Å². The van der Waals surface area contributed by atoms with Crippen LogP contribution in [0.5, 0.6) is 11.5 Å². The van der Waals surface area contributed by atoms with E-state index in [-0.39, 0.29) is 38.3 Å². The van der Waals surface area contributed by atoms with Crippen LogP contribution in [0.3, 0.4) is 0 Å². The molecule has 1 aromatic rings. The Hall–Kier alpha value is -3.50. The molecule has 0 aliphatic carbocycles. The second-order valence-electron chi connectivity index (χ2n) is 4.89. The molecule has 0 saturated heterocycles. The van der Waals surface area contributed by atoms with Gasteiger partial charge in [-0.05, 0) is 23.8 Å². The maximum absolute atomic E-state index is 12.5. The molecule has 0 atom stereocenters. The average molecular weight is 322 g/mol. The first-order valence-electron chi connectivity index (χ1n) is 7.24. The lowest BCUT2D eigenvalue weighted by atomic mass is 10.1. The molecule has 0 fully saturated rings. The van der Waals surface area contributed by atoms with Gasteiger partial charge >= 0.3 is 0 Å². The molecule has 120 valence electrons. The van der Waals surface area contributed by atoms with Crippen molar-refractivity contribution in [3.8, 4) is 29.7 Å². The summed E-state index contributed by atoms with van der Waals surface area (Å²) in [6, 6.07) is 10.9. The van der Waals surface area contributed by atoms with E-state index in [0.717, 1.165) is 0 Å². The van der Waals surface area contributed by atoms with Crippen LogP contribution in [-0.2, 0) is 4.79 Å². The summed E-state index contributed by atoms with van der Waals surface area (Å²) in [4.78, 5) is 13.8. The predicted octanol–water partition coefficient (Wildman–Crippen LogP) is 1.98. The number of amides is 1. The Morgan fingerprint density at radius 2 is 1.79 bits per heavy atom. The standard InChI is InChI=1S/C17H14N4O3/c18-5-1-7-21(8-2-6-19)17(22)14(11-20)9-13-3-4-15-16(10-13)24-12-23-15/h3-4,9-10H,1-2,7-8,12H2. The second-order valence-corrected chi connectivity index (χ2v) is 4.89. The van der Waals surface area contributed by atoms with E-state index in [1.807, 2.05) is 18.2 Å². The SMILES string of the molecule is N#CCCN(CCC#N)C(=O)C(C#N)=Cc1ccc2c(c1)OCO2. The summed E-state index contributed by atoms with van der Waals surface area (Å²) >= 11 is 0. The minimum absolute atomic E-state index is 0.0651. The van der Waals surface area contributed by atoms with Crippen LogP contribution in [0, 0.1) is 34.0 Å². The Labute approximate surface area is 139 Å². The van der Waals surface area contributed by atoms with Crippen molar-refractivity contribution in [2.45, 2.75) is 12.8 Å². The van der Waals surface area contributed by atoms with Crippen LogP contribution in [0.25, 0.3) is 6.08 Å². The second kappa shape index (κ2) is 8.22. The van der Waals surface area contributed by atoms with Gasteiger partial charge < -0.3 is 14.4 Å². The molecule has 0 N–H and O–H groups in total. The highest BCUT2D eigenvalue weighted by Crippen LogP contribution is 2.33. The Bertz CT molecular complexity index is 762. The third-order valence-corrected chi connectivity index (χ3v) is 3.33. The van der Waals surface area contributed by atoms with Gasteiger partial charge in [-0.1, -0.05) is 6.07 Å². The molecule has 7 nitrogen and oxygen atoms in total. The average Bonchev–Trinajstić information content (AvgIpc) is 3.07. The minimum Gasteiger partial charge on any atom is -0.454 e. The molecule has 1 aliphatic heterocycles. The summed E-state index contributed by atoms with van der Waals surface area (Å²) in [5.74, 6) is 0.668. The van der Waals surface area contributed by atoms with Crippen LogP contribution in [-0.4, -0.2) is 30.7 Å². The van der Waals surface area contributed by atoms with Crippen molar-refractivity contribution in [2.24, 2.45) is 0 Å². The van der Waals surface area contributed by atoms with Crippen LogP contribution in [0.2, 0.25) is 0 Å². The van der Waals surface area contributed by atoms with Crippen molar-refractivity contribution in [1.82, 2.24) is 4.90 Å². The van der Waals surface area contributed by atoms with Gasteiger partial charge in [0.1, 0.15) is 11.6 Å². The van der Waals surface area contributed by atoms with Crippen LogP contribution in [0.15, 0.2) is 23.8 Å². The molecular weight excluding hydrogens is 308 g/mol. The van der Waals surface area contributed by atoms with E-state index in [4.69, 9.17) is 20.0 Å². The fourth-order valence-corrected chi connectivity index (χ4v) is 2.17. The summed E-state index contributed by atoms with van der Waals surface area (Å²) < 4.78 is 10.5. The van der Waals surface area contributed by atoms with Crippen LogP contribution >= 0.6 is 0 Å². The zero-order valence-corrected chi connectivity index (χ0v) is 12.9. The monoisotopic (exact) mass is 322 g/mol. The summed E-state index contributed by atoms with van der Waals surface area (Å²) in [5, 5.41) is 26.7. The highest BCUT2D eigenvalue weighted by Gasteiger charge is 2.19. The van der Waals surface area contributed by atoms with Crippen LogP contribution in [0.4, 0.5) is 0 Å². The smallest absolute Gasteiger partial charge is 0.264 e. The first kappa shape index (κ1) is 16.9. The number of hydrogen-bond donors (Lipinski definition) is 0. The van der Waals surface area contributed by atoms with Crippen LogP contribution < -0.4 is 9.47 Å². The maximum atomic E-state index is 12.5. The number of benzene rings is 1. The van der Waals surface area contributed by atoms with Crippen molar-refractivity contribution >= 4 is 12.0 Å². The van der Waals surface area contributed by atoms with Gasteiger partial charge in [0, 0.05) is 13.1 Å². The van der Waals surface area contributed by atoms with Gasteiger partial charge in [0.15, 0.2) is 11.5 Å². The van der Waals surface area contributed by atoms with E-state index in [1.54, 1.807) is 18.2 Å². The molecule has 0 spiro atoms. The quantitative estimate of drug-likeness (QED) is 0.585. The van der Waals surface area contributed by atoms with Crippen LogP contribution in [0.1, 0.15) is 18.4 Å². The largest absolute Gasteiger partial charge is 0.454 e. The lowest BCUT2D eigenvalue weighted by Crippen LogP contribution is -2.33. The number of nitriles is 3. The van der Waals surface area contributed by atoms with Gasteiger partial charge in [0.2, 0.25) is 6.79 Å². The zero-order valence-electron chi connectivity index (χ0n) is 12.9. The topological polar surface area (TPSA) is 110 Å². The van der Waals surface area contributed by atoms with Gasteiger partial charge in [-0.3, -0.25) is 4.79 Å². The molecule has 0 bridgehead atoms. The van der Waals surface area contributed by atoms with Gasteiger partial charge in [0.05, 0.1) is 25.0 Å². The Balaban J connectivity index is 2.21. The number of carbonyl (C=O) groups is 1. The van der Waals surface area contributed by atoms with E-state index >= 15 is 0 Å². The first-order valence-corrected chi connectivity index (χ1v) is 7.24. The summed E-state index contributed by atoms with van der Waals surface area (Å²) in [6.45, 7) is 0.497. The highest BCUT2D eigenvalue weighted by atomic mass is 16.7. The Morgan fingerprint density at radius 1 is 1.12 bits per heavy atom. The molecule has 7 heteroatoms. The molecule has 1 amide bonds.